The number of methoxy groups -OCH3 is 1. The molecule has 6 rings (SSSR count). The van der Waals surface area contributed by atoms with Gasteiger partial charge in [0.15, 0.2) is 5.76 Å². The molecule has 0 amide bonds. The summed E-state index contributed by atoms with van der Waals surface area (Å²) in [6.45, 7) is 3.37. The maximum atomic E-state index is 6.27. The highest BCUT2D eigenvalue weighted by Gasteiger charge is 2.54. The Morgan fingerprint density at radius 2 is 1.79 bits per heavy atom. The molecule has 1 atom stereocenters. The van der Waals surface area contributed by atoms with Gasteiger partial charge >= 0.3 is 0 Å². The third-order valence-electron chi connectivity index (χ3n) is 7.82. The summed E-state index contributed by atoms with van der Waals surface area (Å²) in [4.78, 5) is 0. The number of benzene rings is 1. The van der Waals surface area contributed by atoms with Crippen LogP contribution in [0.3, 0.4) is 0 Å². The first-order chi connectivity index (χ1) is 13.5. The third-order valence-corrected chi connectivity index (χ3v) is 8.12. The molecule has 4 bridgehead atoms. The predicted molar refractivity (Wildman–Crippen MR) is 111 cm³/mol. The van der Waals surface area contributed by atoms with E-state index in [0.29, 0.717) is 22.2 Å². The summed E-state index contributed by atoms with van der Waals surface area (Å²) in [5, 5.41) is 3.14. The second-order valence-electron chi connectivity index (χ2n) is 9.62. The molecule has 2 N–H and O–H groups in total. The summed E-state index contributed by atoms with van der Waals surface area (Å²) in [6.07, 6.45) is 8.92. The van der Waals surface area contributed by atoms with E-state index in [0.717, 1.165) is 41.4 Å². The standard InChI is InChI=1S/C24H30ClNO2/c1-15(24-11-16-7-17(12-24)9-18(8-16)13-24)26-14-20-4-6-22(28-20)19-3-5-23(27-2)21(25)10-19/h3-6,10,15-18,26H,7-9,11-14H2,1-2H3/p+1/t15-,16?,17?,18?,24?/m1/s1. The van der Waals surface area contributed by atoms with Crippen LogP contribution in [0.4, 0.5) is 0 Å². The molecule has 2 aromatic rings. The monoisotopic (exact) mass is 400 g/mol. The van der Waals surface area contributed by atoms with E-state index >= 15 is 0 Å². The van der Waals surface area contributed by atoms with Gasteiger partial charge in [-0.1, -0.05) is 11.6 Å². The Kier molecular flexibility index (Phi) is 4.71. The van der Waals surface area contributed by atoms with Crippen molar-refractivity contribution in [3.05, 3.63) is 41.1 Å². The fourth-order valence-corrected chi connectivity index (χ4v) is 7.00. The van der Waals surface area contributed by atoms with Crippen LogP contribution in [0.15, 0.2) is 34.7 Å². The zero-order valence-electron chi connectivity index (χ0n) is 16.9. The molecule has 4 aliphatic carbocycles. The molecule has 0 aliphatic heterocycles. The van der Waals surface area contributed by atoms with Gasteiger partial charge in [0.1, 0.15) is 18.1 Å². The number of quaternary nitrogens is 1. The number of nitrogens with two attached hydrogens (primary N) is 1. The van der Waals surface area contributed by atoms with Crippen molar-refractivity contribution in [1.82, 2.24) is 0 Å². The minimum atomic E-state index is 0.577. The third kappa shape index (κ3) is 3.27. The van der Waals surface area contributed by atoms with Crippen molar-refractivity contribution in [1.29, 1.82) is 0 Å². The highest BCUT2D eigenvalue weighted by molar-refractivity contribution is 6.32. The lowest BCUT2D eigenvalue weighted by Crippen LogP contribution is -2.91. The van der Waals surface area contributed by atoms with Gasteiger partial charge in [0.25, 0.3) is 0 Å². The second-order valence-corrected chi connectivity index (χ2v) is 10.0. The number of rotatable bonds is 6. The van der Waals surface area contributed by atoms with E-state index < -0.39 is 0 Å². The van der Waals surface area contributed by atoms with E-state index in [1.54, 1.807) is 7.11 Å². The summed E-state index contributed by atoms with van der Waals surface area (Å²) >= 11 is 6.27. The zero-order valence-corrected chi connectivity index (χ0v) is 17.7. The van der Waals surface area contributed by atoms with Crippen molar-refractivity contribution >= 4 is 11.6 Å². The molecule has 1 aromatic heterocycles. The van der Waals surface area contributed by atoms with Crippen LogP contribution < -0.4 is 10.1 Å². The van der Waals surface area contributed by atoms with Crippen molar-refractivity contribution in [2.45, 2.75) is 58.0 Å². The molecule has 1 heterocycles. The van der Waals surface area contributed by atoms with Crippen LogP contribution in [0, 0.1) is 23.2 Å². The Bertz CT molecular complexity index is 823. The average molecular weight is 401 g/mol. The number of furan rings is 1. The molecular formula is C24H31ClNO2+. The first kappa shape index (κ1) is 18.6. The average Bonchev–Trinajstić information content (AvgIpc) is 3.14. The minimum absolute atomic E-state index is 0.577. The lowest BCUT2D eigenvalue weighted by Gasteiger charge is -2.57. The van der Waals surface area contributed by atoms with Crippen LogP contribution in [0.2, 0.25) is 5.02 Å². The summed E-state index contributed by atoms with van der Waals surface area (Å²) in [6, 6.07) is 10.6. The normalized spacial score (nSPS) is 31.9. The first-order valence-electron chi connectivity index (χ1n) is 10.8. The molecular weight excluding hydrogens is 370 g/mol. The van der Waals surface area contributed by atoms with Crippen molar-refractivity contribution in [3.8, 4) is 17.1 Å². The Labute approximate surface area is 172 Å². The molecule has 1 aromatic carbocycles. The molecule has 150 valence electrons. The number of halogens is 1. The van der Waals surface area contributed by atoms with Crippen molar-refractivity contribution in [2.75, 3.05) is 7.11 Å². The Morgan fingerprint density at radius 3 is 2.39 bits per heavy atom. The highest BCUT2D eigenvalue weighted by atomic mass is 35.5. The maximum absolute atomic E-state index is 6.27. The molecule has 28 heavy (non-hydrogen) atoms. The molecule has 4 aliphatic rings. The highest BCUT2D eigenvalue weighted by Crippen LogP contribution is 2.60. The molecule has 4 fully saturated rings. The topological polar surface area (TPSA) is 39.0 Å². The van der Waals surface area contributed by atoms with Crippen LogP contribution in [-0.4, -0.2) is 13.2 Å². The van der Waals surface area contributed by atoms with Gasteiger partial charge in [-0.25, -0.2) is 0 Å². The van der Waals surface area contributed by atoms with Crippen molar-refractivity contribution in [2.24, 2.45) is 23.2 Å². The van der Waals surface area contributed by atoms with Gasteiger partial charge in [-0.15, -0.1) is 0 Å². The van der Waals surface area contributed by atoms with Gasteiger partial charge in [-0.3, -0.25) is 0 Å². The summed E-state index contributed by atoms with van der Waals surface area (Å²) < 4.78 is 11.4. The van der Waals surface area contributed by atoms with E-state index in [1.807, 2.05) is 18.2 Å². The number of hydrogen-bond acceptors (Lipinski definition) is 2. The fourth-order valence-electron chi connectivity index (χ4n) is 6.74. The van der Waals surface area contributed by atoms with E-state index in [-0.39, 0.29) is 0 Å². The smallest absolute Gasteiger partial charge is 0.158 e. The molecule has 0 unspecified atom stereocenters. The van der Waals surface area contributed by atoms with Gasteiger partial charge in [0.05, 0.1) is 18.2 Å². The molecule has 4 saturated carbocycles. The largest absolute Gasteiger partial charge is 0.495 e. The molecule has 0 radical (unpaired) electrons. The van der Waals surface area contributed by atoms with E-state index in [1.165, 1.54) is 38.5 Å². The van der Waals surface area contributed by atoms with Crippen LogP contribution >= 0.6 is 11.6 Å². The van der Waals surface area contributed by atoms with Gasteiger partial charge in [-0.2, -0.15) is 0 Å². The minimum Gasteiger partial charge on any atom is -0.495 e. The Hall–Kier alpha value is -1.45. The first-order valence-corrected chi connectivity index (χ1v) is 11.2. The van der Waals surface area contributed by atoms with Gasteiger partial charge in [0, 0.05) is 11.0 Å². The second kappa shape index (κ2) is 7.11. The predicted octanol–water partition coefficient (Wildman–Crippen LogP) is 5.28. The van der Waals surface area contributed by atoms with Crippen LogP contribution in [0.25, 0.3) is 11.3 Å². The number of hydrogen-bond donors (Lipinski definition) is 1. The van der Waals surface area contributed by atoms with Gasteiger partial charge in [0.2, 0.25) is 0 Å². The van der Waals surface area contributed by atoms with Gasteiger partial charge in [-0.05, 0) is 93.5 Å². The number of ether oxygens (including phenoxy) is 1. The molecule has 4 heteroatoms. The lowest BCUT2D eigenvalue weighted by atomic mass is 9.48. The summed E-state index contributed by atoms with van der Waals surface area (Å²) in [5.41, 5.74) is 1.57. The quantitative estimate of drug-likeness (QED) is 0.716. The van der Waals surface area contributed by atoms with Crippen molar-refractivity contribution in [3.63, 3.8) is 0 Å². The Morgan fingerprint density at radius 1 is 1.11 bits per heavy atom. The fraction of sp³-hybridized carbons (Fsp3) is 0.583. The SMILES string of the molecule is COc1ccc(-c2ccc(C[NH2+][C@H](C)C34CC5CC(CC(C5)C3)C4)o2)cc1Cl. The van der Waals surface area contributed by atoms with Crippen molar-refractivity contribution < 1.29 is 14.5 Å². The summed E-state index contributed by atoms with van der Waals surface area (Å²) in [5.74, 6) is 5.63. The molecule has 0 saturated heterocycles. The van der Waals surface area contributed by atoms with E-state index in [9.17, 15) is 0 Å². The van der Waals surface area contributed by atoms with Gasteiger partial charge < -0.3 is 14.5 Å². The lowest BCUT2D eigenvalue weighted by molar-refractivity contribution is -0.718. The zero-order chi connectivity index (χ0) is 19.3. The molecule has 3 nitrogen and oxygen atoms in total. The van der Waals surface area contributed by atoms with Crippen LogP contribution in [0.1, 0.15) is 51.2 Å². The van der Waals surface area contributed by atoms with Crippen LogP contribution in [0.5, 0.6) is 5.75 Å². The van der Waals surface area contributed by atoms with E-state index in [2.05, 4.69) is 24.4 Å². The van der Waals surface area contributed by atoms with E-state index in [4.69, 9.17) is 20.8 Å². The Balaban J connectivity index is 1.25. The van der Waals surface area contributed by atoms with Crippen LogP contribution in [-0.2, 0) is 6.54 Å². The maximum Gasteiger partial charge on any atom is 0.158 e. The molecule has 0 spiro atoms. The summed E-state index contributed by atoms with van der Waals surface area (Å²) in [7, 11) is 1.63.